The van der Waals surface area contributed by atoms with Crippen LogP contribution in [0.4, 0.5) is 4.39 Å². The third-order valence-electron chi connectivity index (χ3n) is 4.53. The number of nitrogens with zero attached hydrogens (tertiary/aromatic N) is 2. The number of aromatic nitrogens is 1. The van der Waals surface area contributed by atoms with Crippen molar-refractivity contribution in [3.05, 3.63) is 53.8 Å². The summed E-state index contributed by atoms with van der Waals surface area (Å²) < 4.78 is 43.1. The van der Waals surface area contributed by atoms with Crippen LogP contribution in [-0.4, -0.2) is 49.7 Å². The number of para-hydroxylation sites is 1. The Kier molecular flexibility index (Phi) is 4.80. The van der Waals surface area contributed by atoms with E-state index in [4.69, 9.17) is 4.74 Å². The molecule has 0 unspecified atom stereocenters. The lowest BCUT2D eigenvalue weighted by Crippen LogP contribution is -2.56. The lowest BCUT2D eigenvalue weighted by Gasteiger charge is -2.38. The van der Waals surface area contributed by atoms with E-state index >= 15 is 0 Å². The standard InChI is InChI=1S/C19H17FN2O4S2/c1-28(24,25)14-7-5-12(6-8-14)9-17(23)22-10-13(11-22)26-19-21-18-15(20)3-2-4-16(18)27-19/h2-8,13H,9-11H2,1H3. The first-order chi connectivity index (χ1) is 13.3. The van der Waals surface area contributed by atoms with Gasteiger partial charge in [-0.1, -0.05) is 29.5 Å². The van der Waals surface area contributed by atoms with Crippen LogP contribution in [0.2, 0.25) is 0 Å². The minimum Gasteiger partial charge on any atom is -0.463 e. The number of benzene rings is 2. The zero-order valence-electron chi connectivity index (χ0n) is 15.0. The molecule has 4 rings (SSSR count). The van der Waals surface area contributed by atoms with E-state index in [0.717, 1.165) is 16.5 Å². The van der Waals surface area contributed by atoms with E-state index in [1.54, 1.807) is 29.2 Å². The first kappa shape index (κ1) is 18.8. The average molecular weight is 420 g/mol. The van der Waals surface area contributed by atoms with Gasteiger partial charge in [0.1, 0.15) is 17.4 Å². The maximum absolute atomic E-state index is 13.7. The van der Waals surface area contributed by atoms with Gasteiger partial charge in [0, 0.05) is 6.26 Å². The third kappa shape index (κ3) is 3.85. The molecule has 0 N–H and O–H groups in total. The highest BCUT2D eigenvalue weighted by molar-refractivity contribution is 7.90. The van der Waals surface area contributed by atoms with Gasteiger partial charge < -0.3 is 9.64 Å². The van der Waals surface area contributed by atoms with Crippen LogP contribution in [0.15, 0.2) is 47.4 Å². The van der Waals surface area contributed by atoms with Crippen molar-refractivity contribution in [3.8, 4) is 5.19 Å². The van der Waals surface area contributed by atoms with Crippen molar-refractivity contribution in [2.45, 2.75) is 17.4 Å². The predicted molar refractivity (Wildman–Crippen MR) is 104 cm³/mol. The monoisotopic (exact) mass is 420 g/mol. The van der Waals surface area contributed by atoms with Gasteiger partial charge in [-0.3, -0.25) is 4.79 Å². The average Bonchev–Trinajstić information content (AvgIpc) is 3.01. The Morgan fingerprint density at radius 3 is 2.61 bits per heavy atom. The van der Waals surface area contributed by atoms with Crippen molar-refractivity contribution in [2.24, 2.45) is 0 Å². The molecule has 0 aliphatic carbocycles. The molecule has 0 atom stereocenters. The van der Waals surface area contributed by atoms with E-state index in [1.165, 1.54) is 29.5 Å². The van der Waals surface area contributed by atoms with Crippen LogP contribution in [0.25, 0.3) is 10.2 Å². The van der Waals surface area contributed by atoms with Crippen molar-refractivity contribution >= 4 is 37.3 Å². The Hall–Kier alpha value is -2.52. The van der Waals surface area contributed by atoms with Crippen LogP contribution >= 0.6 is 11.3 Å². The molecule has 2 heterocycles. The normalized spacial score (nSPS) is 14.9. The summed E-state index contributed by atoms with van der Waals surface area (Å²) in [6.07, 6.45) is 1.18. The van der Waals surface area contributed by atoms with E-state index in [9.17, 15) is 17.6 Å². The summed E-state index contributed by atoms with van der Waals surface area (Å²) in [4.78, 5) is 18.4. The maximum atomic E-state index is 13.7. The fraction of sp³-hybridized carbons (Fsp3) is 0.263. The molecule has 0 bridgehead atoms. The van der Waals surface area contributed by atoms with E-state index in [1.807, 2.05) is 0 Å². The minimum absolute atomic E-state index is 0.0534. The molecule has 6 nitrogen and oxygen atoms in total. The second-order valence-corrected chi connectivity index (χ2v) is 9.71. The lowest BCUT2D eigenvalue weighted by molar-refractivity contribution is -0.139. The molecule has 1 fully saturated rings. The minimum atomic E-state index is -3.25. The van der Waals surface area contributed by atoms with E-state index < -0.39 is 9.84 Å². The summed E-state index contributed by atoms with van der Waals surface area (Å²) in [7, 11) is -3.25. The van der Waals surface area contributed by atoms with E-state index in [-0.39, 0.29) is 29.1 Å². The molecule has 1 amide bonds. The number of thiazole rings is 1. The van der Waals surface area contributed by atoms with E-state index in [2.05, 4.69) is 4.98 Å². The van der Waals surface area contributed by atoms with Gasteiger partial charge in [-0.05, 0) is 29.8 Å². The van der Waals surface area contributed by atoms with Crippen molar-refractivity contribution in [1.29, 1.82) is 0 Å². The summed E-state index contributed by atoms with van der Waals surface area (Å²) in [6, 6.07) is 11.1. The molecule has 1 aliphatic heterocycles. The number of amides is 1. The number of hydrogen-bond donors (Lipinski definition) is 0. The van der Waals surface area contributed by atoms with Gasteiger partial charge >= 0.3 is 0 Å². The first-order valence-corrected chi connectivity index (χ1v) is 11.3. The number of carbonyl (C=O) groups is 1. The van der Waals surface area contributed by atoms with Crippen molar-refractivity contribution in [1.82, 2.24) is 9.88 Å². The number of rotatable bonds is 5. The molecule has 9 heteroatoms. The highest BCUT2D eigenvalue weighted by Gasteiger charge is 2.32. The quantitative estimate of drug-likeness (QED) is 0.634. The van der Waals surface area contributed by atoms with Gasteiger partial charge in [-0.15, -0.1) is 0 Å². The summed E-state index contributed by atoms with van der Waals surface area (Å²) >= 11 is 1.28. The summed E-state index contributed by atoms with van der Waals surface area (Å²) in [5.74, 6) is -0.432. The number of sulfone groups is 1. The van der Waals surface area contributed by atoms with Crippen LogP contribution < -0.4 is 4.74 Å². The summed E-state index contributed by atoms with van der Waals surface area (Å²) in [5, 5.41) is 0.397. The second kappa shape index (κ2) is 7.14. The van der Waals surface area contributed by atoms with Gasteiger partial charge in [0.15, 0.2) is 9.84 Å². The topological polar surface area (TPSA) is 76.6 Å². The van der Waals surface area contributed by atoms with Gasteiger partial charge in [-0.2, -0.15) is 4.98 Å². The van der Waals surface area contributed by atoms with Crippen molar-refractivity contribution in [2.75, 3.05) is 19.3 Å². The lowest BCUT2D eigenvalue weighted by atomic mass is 10.1. The number of ether oxygens (including phenoxy) is 1. The largest absolute Gasteiger partial charge is 0.463 e. The van der Waals surface area contributed by atoms with Crippen LogP contribution in [0, 0.1) is 5.82 Å². The fourth-order valence-electron chi connectivity index (χ4n) is 2.94. The second-order valence-electron chi connectivity index (χ2n) is 6.70. The van der Waals surface area contributed by atoms with Crippen LogP contribution in [0.5, 0.6) is 5.19 Å². The number of hydrogen-bond acceptors (Lipinski definition) is 6. The number of halogens is 1. The Morgan fingerprint density at radius 1 is 1.25 bits per heavy atom. The highest BCUT2D eigenvalue weighted by atomic mass is 32.2. The number of carbonyl (C=O) groups excluding carboxylic acids is 1. The van der Waals surface area contributed by atoms with Gasteiger partial charge in [0.2, 0.25) is 5.91 Å². The molecule has 1 aromatic heterocycles. The predicted octanol–water partition coefficient (Wildman–Crippen LogP) is 2.67. The zero-order valence-corrected chi connectivity index (χ0v) is 16.6. The Balaban J connectivity index is 1.32. The van der Waals surface area contributed by atoms with Crippen molar-refractivity contribution in [3.63, 3.8) is 0 Å². The number of likely N-dealkylation sites (tertiary alicyclic amines) is 1. The van der Waals surface area contributed by atoms with Crippen molar-refractivity contribution < 1.29 is 22.3 Å². The molecule has 1 saturated heterocycles. The molecule has 0 saturated carbocycles. The van der Waals surface area contributed by atoms with Crippen LogP contribution in [0.3, 0.4) is 0 Å². The molecule has 28 heavy (non-hydrogen) atoms. The Morgan fingerprint density at radius 2 is 1.96 bits per heavy atom. The fourth-order valence-corrected chi connectivity index (χ4v) is 4.47. The maximum Gasteiger partial charge on any atom is 0.274 e. The highest BCUT2D eigenvalue weighted by Crippen LogP contribution is 2.31. The smallest absolute Gasteiger partial charge is 0.274 e. The summed E-state index contributed by atoms with van der Waals surface area (Å²) in [5.41, 5.74) is 1.05. The van der Waals surface area contributed by atoms with E-state index in [0.29, 0.717) is 23.8 Å². The molecule has 1 aliphatic rings. The summed E-state index contributed by atoms with van der Waals surface area (Å²) in [6.45, 7) is 0.886. The molecular formula is C19H17FN2O4S2. The van der Waals surface area contributed by atoms with Crippen LogP contribution in [-0.2, 0) is 21.1 Å². The zero-order chi connectivity index (χ0) is 19.9. The van der Waals surface area contributed by atoms with Gasteiger partial charge in [0.05, 0.1) is 29.1 Å². The molecule has 146 valence electrons. The Bertz CT molecular complexity index is 1140. The molecular weight excluding hydrogens is 403 g/mol. The molecule has 0 spiro atoms. The first-order valence-electron chi connectivity index (χ1n) is 8.58. The van der Waals surface area contributed by atoms with Gasteiger partial charge in [-0.25, -0.2) is 12.8 Å². The molecule has 2 aromatic carbocycles. The molecule has 3 aromatic rings. The number of fused-ring (bicyclic) bond motifs is 1. The van der Waals surface area contributed by atoms with Crippen LogP contribution in [0.1, 0.15) is 5.56 Å². The van der Waals surface area contributed by atoms with Gasteiger partial charge in [0.25, 0.3) is 5.19 Å². The Labute approximate surface area is 165 Å². The SMILES string of the molecule is CS(=O)(=O)c1ccc(CC(=O)N2CC(Oc3nc4c(F)cccc4s3)C2)cc1. The third-order valence-corrected chi connectivity index (χ3v) is 6.57. The molecule has 0 radical (unpaired) electrons.